The molecule has 0 aromatic heterocycles. The number of esters is 1. The van der Waals surface area contributed by atoms with Crippen molar-refractivity contribution in [2.45, 2.75) is 13.0 Å². The highest BCUT2D eigenvalue weighted by Gasteiger charge is 2.23. The number of hydrogen-bond donors (Lipinski definition) is 1. The van der Waals surface area contributed by atoms with E-state index in [1.54, 1.807) is 6.07 Å². The Morgan fingerprint density at radius 2 is 1.77 bits per heavy atom. The lowest BCUT2D eigenvalue weighted by Crippen LogP contribution is -2.31. The highest BCUT2D eigenvalue weighted by Crippen LogP contribution is 2.27. The number of benzene rings is 2. The molecule has 1 heterocycles. The third-order valence-corrected chi connectivity index (χ3v) is 3.77. The van der Waals surface area contributed by atoms with E-state index in [0.717, 1.165) is 11.1 Å². The highest BCUT2D eigenvalue weighted by atomic mass is 16.6. The SMILES string of the molecule is C[C@H](OC(=O)C1=COCCO1)C(=O)Nc1ccccc1-c1ccccc1. The lowest BCUT2D eigenvalue weighted by molar-refractivity contribution is -0.153. The largest absolute Gasteiger partial charge is 0.493 e. The van der Waals surface area contributed by atoms with Crippen molar-refractivity contribution in [3.63, 3.8) is 0 Å². The molecule has 0 fully saturated rings. The minimum atomic E-state index is -0.988. The van der Waals surface area contributed by atoms with Crippen LogP contribution >= 0.6 is 0 Å². The Bertz CT molecular complexity index is 816. The van der Waals surface area contributed by atoms with Gasteiger partial charge >= 0.3 is 5.97 Å². The first-order valence-electron chi connectivity index (χ1n) is 8.26. The van der Waals surface area contributed by atoms with Crippen LogP contribution in [0.15, 0.2) is 66.6 Å². The fourth-order valence-electron chi connectivity index (χ4n) is 2.44. The number of rotatable bonds is 5. The van der Waals surface area contributed by atoms with Gasteiger partial charge in [-0.15, -0.1) is 0 Å². The molecule has 0 unspecified atom stereocenters. The number of ether oxygens (including phenoxy) is 3. The van der Waals surface area contributed by atoms with Gasteiger partial charge in [0.15, 0.2) is 6.10 Å². The molecule has 1 aliphatic rings. The second-order valence-electron chi connectivity index (χ2n) is 5.65. The predicted octanol–water partition coefficient (Wildman–Crippen LogP) is 3.11. The van der Waals surface area contributed by atoms with Crippen LogP contribution < -0.4 is 5.32 Å². The quantitative estimate of drug-likeness (QED) is 0.836. The molecule has 6 heteroatoms. The maximum absolute atomic E-state index is 12.4. The van der Waals surface area contributed by atoms with Crippen molar-refractivity contribution in [1.82, 2.24) is 0 Å². The number of hydrogen-bond acceptors (Lipinski definition) is 5. The predicted molar refractivity (Wildman–Crippen MR) is 96.0 cm³/mol. The third kappa shape index (κ3) is 4.22. The van der Waals surface area contributed by atoms with Crippen LogP contribution in [0, 0.1) is 0 Å². The van der Waals surface area contributed by atoms with Gasteiger partial charge < -0.3 is 19.5 Å². The van der Waals surface area contributed by atoms with E-state index in [1.807, 2.05) is 48.5 Å². The van der Waals surface area contributed by atoms with Crippen LogP contribution in [0.4, 0.5) is 5.69 Å². The van der Waals surface area contributed by atoms with E-state index in [4.69, 9.17) is 14.2 Å². The van der Waals surface area contributed by atoms with Gasteiger partial charge in [0.05, 0.1) is 0 Å². The number of nitrogens with one attached hydrogen (secondary N) is 1. The lowest BCUT2D eigenvalue weighted by atomic mass is 10.0. The Balaban J connectivity index is 1.68. The first-order valence-corrected chi connectivity index (χ1v) is 8.26. The van der Waals surface area contributed by atoms with Gasteiger partial charge in [-0.05, 0) is 18.6 Å². The zero-order valence-corrected chi connectivity index (χ0v) is 14.3. The third-order valence-electron chi connectivity index (χ3n) is 3.77. The van der Waals surface area contributed by atoms with Gasteiger partial charge in [0.1, 0.15) is 19.5 Å². The highest BCUT2D eigenvalue weighted by molar-refractivity contribution is 5.99. The van der Waals surface area contributed by atoms with E-state index >= 15 is 0 Å². The molecule has 2 aromatic carbocycles. The van der Waals surface area contributed by atoms with Crippen molar-refractivity contribution in [2.24, 2.45) is 0 Å². The van der Waals surface area contributed by atoms with Crippen molar-refractivity contribution >= 4 is 17.6 Å². The molecular formula is C20H19NO5. The normalized spacial score (nSPS) is 14.3. The molecule has 3 rings (SSSR count). The van der Waals surface area contributed by atoms with Crippen LogP contribution in [0.2, 0.25) is 0 Å². The van der Waals surface area contributed by atoms with E-state index in [2.05, 4.69) is 5.32 Å². The first kappa shape index (κ1) is 17.5. The topological polar surface area (TPSA) is 73.9 Å². The molecular weight excluding hydrogens is 334 g/mol. The Morgan fingerprint density at radius 3 is 2.50 bits per heavy atom. The maximum atomic E-state index is 12.4. The van der Waals surface area contributed by atoms with Crippen LogP contribution in [-0.4, -0.2) is 31.2 Å². The molecule has 134 valence electrons. The Kier molecular flexibility index (Phi) is 5.53. The number of anilines is 1. The summed E-state index contributed by atoms with van der Waals surface area (Å²) in [5, 5.41) is 2.81. The van der Waals surface area contributed by atoms with Gasteiger partial charge in [-0.25, -0.2) is 4.79 Å². The van der Waals surface area contributed by atoms with Crippen molar-refractivity contribution in [1.29, 1.82) is 0 Å². The molecule has 0 bridgehead atoms. The molecule has 0 saturated carbocycles. The number of carbonyl (C=O) groups is 2. The second-order valence-corrected chi connectivity index (χ2v) is 5.65. The second kappa shape index (κ2) is 8.20. The van der Waals surface area contributed by atoms with Crippen LogP contribution in [0.3, 0.4) is 0 Å². The minimum Gasteiger partial charge on any atom is -0.493 e. The van der Waals surface area contributed by atoms with Gasteiger partial charge in [-0.3, -0.25) is 4.79 Å². The average molecular weight is 353 g/mol. The summed E-state index contributed by atoms with van der Waals surface area (Å²) >= 11 is 0. The molecule has 1 aliphatic heterocycles. The molecule has 0 saturated heterocycles. The summed E-state index contributed by atoms with van der Waals surface area (Å²) in [6.45, 7) is 2.15. The molecule has 2 aromatic rings. The molecule has 1 amide bonds. The number of amides is 1. The zero-order chi connectivity index (χ0) is 18.4. The van der Waals surface area contributed by atoms with Crippen molar-refractivity contribution in [3.8, 4) is 11.1 Å². The van der Waals surface area contributed by atoms with Crippen LogP contribution in [0.1, 0.15) is 6.92 Å². The maximum Gasteiger partial charge on any atom is 0.377 e. The van der Waals surface area contributed by atoms with Gasteiger partial charge in [0.2, 0.25) is 5.76 Å². The standard InChI is InChI=1S/C20H19NO5/c1-14(26-20(23)18-13-24-11-12-25-18)19(22)21-17-10-6-5-9-16(17)15-7-3-2-4-8-15/h2-10,13-14H,11-12H2,1H3,(H,21,22)/t14-/m0/s1. The minimum absolute atomic E-state index is 0.0411. The van der Waals surface area contributed by atoms with Crippen molar-refractivity contribution in [2.75, 3.05) is 18.5 Å². The monoisotopic (exact) mass is 353 g/mol. The van der Waals surface area contributed by atoms with Crippen LogP contribution in [-0.2, 0) is 23.8 Å². The summed E-state index contributed by atoms with van der Waals surface area (Å²) in [5.41, 5.74) is 2.50. The molecule has 0 spiro atoms. The van der Waals surface area contributed by atoms with Crippen molar-refractivity contribution in [3.05, 3.63) is 66.6 Å². The van der Waals surface area contributed by atoms with Gasteiger partial charge in [0.25, 0.3) is 5.91 Å². The fraction of sp³-hybridized carbons (Fsp3) is 0.200. The molecule has 6 nitrogen and oxygen atoms in total. The molecule has 1 atom stereocenters. The molecule has 0 aliphatic carbocycles. The Labute approximate surface area is 151 Å². The van der Waals surface area contributed by atoms with E-state index in [9.17, 15) is 9.59 Å². The smallest absolute Gasteiger partial charge is 0.377 e. The van der Waals surface area contributed by atoms with Gasteiger partial charge in [0, 0.05) is 11.3 Å². The first-order chi connectivity index (χ1) is 12.6. The summed E-state index contributed by atoms with van der Waals surface area (Å²) in [7, 11) is 0. The molecule has 1 N–H and O–H groups in total. The summed E-state index contributed by atoms with van der Waals surface area (Å²) < 4.78 is 15.3. The van der Waals surface area contributed by atoms with E-state index in [1.165, 1.54) is 13.2 Å². The average Bonchev–Trinajstić information content (AvgIpc) is 2.69. The summed E-state index contributed by atoms with van der Waals surface area (Å²) in [6.07, 6.45) is 0.207. The Hall–Kier alpha value is -3.28. The van der Waals surface area contributed by atoms with Gasteiger partial charge in [-0.1, -0.05) is 48.5 Å². The molecule has 0 radical (unpaired) electrons. The number of carbonyl (C=O) groups excluding carboxylic acids is 2. The zero-order valence-electron chi connectivity index (χ0n) is 14.3. The van der Waals surface area contributed by atoms with E-state index in [-0.39, 0.29) is 12.4 Å². The van der Waals surface area contributed by atoms with Crippen LogP contribution in [0.25, 0.3) is 11.1 Å². The number of para-hydroxylation sites is 1. The van der Waals surface area contributed by atoms with E-state index < -0.39 is 18.0 Å². The molecule has 26 heavy (non-hydrogen) atoms. The van der Waals surface area contributed by atoms with Crippen LogP contribution in [0.5, 0.6) is 0 Å². The Morgan fingerprint density at radius 1 is 1.04 bits per heavy atom. The summed E-state index contributed by atoms with van der Waals surface area (Å²) in [5.74, 6) is -1.21. The summed E-state index contributed by atoms with van der Waals surface area (Å²) in [4.78, 5) is 24.4. The van der Waals surface area contributed by atoms with E-state index in [0.29, 0.717) is 12.3 Å². The lowest BCUT2D eigenvalue weighted by Gasteiger charge is -2.18. The van der Waals surface area contributed by atoms with Crippen molar-refractivity contribution < 1.29 is 23.8 Å². The van der Waals surface area contributed by atoms with Gasteiger partial charge in [-0.2, -0.15) is 0 Å². The summed E-state index contributed by atoms with van der Waals surface area (Å²) in [6, 6.07) is 17.2. The fourth-order valence-corrected chi connectivity index (χ4v) is 2.44.